The average molecular weight is 232 g/mol. The van der Waals surface area contributed by atoms with E-state index in [0.717, 1.165) is 41.8 Å². The largest absolute Gasteiger partial charge is 0.316 e. The van der Waals surface area contributed by atoms with Crippen LogP contribution in [0, 0.1) is 13.8 Å². The molecule has 1 atom stereocenters. The maximum Gasteiger partial charge on any atom is 0.248 e. The summed E-state index contributed by atoms with van der Waals surface area (Å²) in [5.41, 5.74) is 10.4. The number of unbranched alkanes of at least 4 members (excludes halogenated alkanes) is 1. The van der Waals surface area contributed by atoms with Gasteiger partial charge in [-0.15, -0.1) is 0 Å². The highest BCUT2D eigenvalue weighted by Gasteiger charge is 2.36. The molecule has 1 aliphatic rings. The smallest absolute Gasteiger partial charge is 0.248 e. The first-order chi connectivity index (χ1) is 8.07. The molecule has 0 saturated heterocycles. The lowest BCUT2D eigenvalue weighted by Gasteiger charge is -2.19. The fraction of sp³-hybridized carbons (Fsp3) is 0.500. The van der Waals surface area contributed by atoms with Gasteiger partial charge in [0.05, 0.1) is 5.69 Å². The summed E-state index contributed by atoms with van der Waals surface area (Å²) in [5.74, 6) is 0.0471. The molecule has 0 saturated carbocycles. The molecule has 1 heterocycles. The maximum atomic E-state index is 12.2. The third kappa shape index (κ3) is 1.84. The molecule has 2 rings (SSSR count). The second-order valence-corrected chi connectivity index (χ2v) is 4.78. The zero-order valence-electron chi connectivity index (χ0n) is 10.8. The Labute approximate surface area is 103 Å². The standard InChI is InChI=1S/C14H20N2O/c1-4-5-8-16-13-10(3)7-6-9(2)11(13)12(15)14(16)17/h6-7,12H,4-5,8,15H2,1-3H3. The minimum Gasteiger partial charge on any atom is -0.316 e. The Kier molecular flexibility index (Phi) is 3.20. The highest BCUT2D eigenvalue weighted by atomic mass is 16.2. The number of nitrogens with zero attached hydrogens (tertiary/aromatic N) is 1. The highest BCUT2D eigenvalue weighted by Crippen LogP contribution is 2.39. The molecule has 1 aliphatic heterocycles. The summed E-state index contributed by atoms with van der Waals surface area (Å²) in [6, 6.07) is 3.64. The number of carbonyl (C=O) groups excluding carboxylic acids is 1. The van der Waals surface area contributed by atoms with Crippen molar-refractivity contribution in [2.24, 2.45) is 5.73 Å². The monoisotopic (exact) mass is 232 g/mol. The van der Waals surface area contributed by atoms with E-state index in [4.69, 9.17) is 5.73 Å². The molecule has 1 aromatic carbocycles. The van der Waals surface area contributed by atoms with Crippen molar-refractivity contribution < 1.29 is 4.79 Å². The summed E-state index contributed by atoms with van der Waals surface area (Å²) >= 11 is 0. The number of benzene rings is 1. The van der Waals surface area contributed by atoms with Gasteiger partial charge < -0.3 is 10.6 Å². The lowest BCUT2D eigenvalue weighted by molar-refractivity contribution is -0.119. The summed E-state index contributed by atoms with van der Waals surface area (Å²) < 4.78 is 0. The van der Waals surface area contributed by atoms with Crippen LogP contribution in [0.5, 0.6) is 0 Å². The molecular weight excluding hydrogens is 212 g/mol. The number of hydrogen-bond donors (Lipinski definition) is 1. The minimum absolute atomic E-state index is 0.0471. The van der Waals surface area contributed by atoms with Crippen LogP contribution in [0.1, 0.15) is 42.5 Å². The zero-order chi connectivity index (χ0) is 12.6. The van der Waals surface area contributed by atoms with E-state index in [0.29, 0.717) is 0 Å². The quantitative estimate of drug-likeness (QED) is 0.870. The van der Waals surface area contributed by atoms with Crippen LogP contribution in [0.15, 0.2) is 12.1 Å². The Hall–Kier alpha value is -1.35. The van der Waals surface area contributed by atoms with Gasteiger partial charge in [-0.2, -0.15) is 0 Å². The van der Waals surface area contributed by atoms with E-state index in [9.17, 15) is 4.79 Å². The Morgan fingerprint density at radius 2 is 1.94 bits per heavy atom. The van der Waals surface area contributed by atoms with Crippen molar-refractivity contribution in [1.82, 2.24) is 0 Å². The Morgan fingerprint density at radius 1 is 1.29 bits per heavy atom. The van der Waals surface area contributed by atoms with Crippen molar-refractivity contribution in [3.05, 3.63) is 28.8 Å². The van der Waals surface area contributed by atoms with E-state index < -0.39 is 6.04 Å². The minimum atomic E-state index is -0.471. The Bertz CT molecular complexity index is 454. The van der Waals surface area contributed by atoms with E-state index in [1.165, 1.54) is 0 Å². The summed E-state index contributed by atoms with van der Waals surface area (Å²) in [6.07, 6.45) is 2.10. The van der Waals surface area contributed by atoms with Gasteiger partial charge in [-0.3, -0.25) is 4.79 Å². The lowest BCUT2D eigenvalue weighted by Crippen LogP contribution is -2.32. The van der Waals surface area contributed by atoms with Crippen LogP contribution < -0.4 is 10.6 Å². The molecule has 0 bridgehead atoms. The van der Waals surface area contributed by atoms with E-state index in [1.54, 1.807) is 0 Å². The Balaban J connectivity index is 2.48. The lowest BCUT2D eigenvalue weighted by atomic mass is 10.00. The van der Waals surface area contributed by atoms with E-state index in [-0.39, 0.29) is 5.91 Å². The topological polar surface area (TPSA) is 46.3 Å². The van der Waals surface area contributed by atoms with Crippen molar-refractivity contribution in [1.29, 1.82) is 0 Å². The average Bonchev–Trinajstić information content (AvgIpc) is 2.56. The predicted molar refractivity (Wildman–Crippen MR) is 70.1 cm³/mol. The van der Waals surface area contributed by atoms with Gasteiger partial charge in [0.15, 0.2) is 0 Å². The number of anilines is 1. The number of fused-ring (bicyclic) bond motifs is 1. The molecule has 1 aromatic rings. The van der Waals surface area contributed by atoms with Crippen LogP contribution in [0.3, 0.4) is 0 Å². The first-order valence-electron chi connectivity index (χ1n) is 6.25. The van der Waals surface area contributed by atoms with Gasteiger partial charge in [-0.1, -0.05) is 25.5 Å². The number of carbonyl (C=O) groups is 1. The molecule has 2 N–H and O–H groups in total. The molecular formula is C14H20N2O. The normalized spacial score (nSPS) is 18.7. The van der Waals surface area contributed by atoms with Crippen molar-refractivity contribution in [3.8, 4) is 0 Å². The van der Waals surface area contributed by atoms with Crippen LogP contribution in [0.4, 0.5) is 5.69 Å². The molecule has 1 amide bonds. The van der Waals surface area contributed by atoms with Gasteiger partial charge >= 0.3 is 0 Å². The Morgan fingerprint density at radius 3 is 2.59 bits per heavy atom. The second kappa shape index (κ2) is 4.49. The SMILES string of the molecule is CCCCN1C(=O)C(N)c2c(C)ccc(C)c21. The highest BCUT2D eigenvalue weighted by molar-refractivity contribution is 6.05. The second-order valence-electron chi connectivity index (χ2n) is 4.78. The van der Waals surface area contributed by atoms with Crippen LogP contribution in [0.2, 0.25) is 0 Å². The third-order valence-electron chi connectivity index (χ3n) is 3.49. The van der Waals surface area contributed by atoms with E-state index in [1.807, 2.05) is 24.8 Å². The number of nitrogens with two attached hydrogens (primary N) is 1. The molecule has 0 fully saturated rings. The van der Waals surface area contributed by atoms with Gasteiger partial charge in [-0.05, 0) is 31.4 Å². The van der Waals surface area contributed by atoms with E-state index >= 15 is 0 Å². The first kappa shape index (κ1) is 12.1. The van der Waals surface area contributed by atoms with Gasteiger partial charge in [0.2, 0.25) is 5.91 Å². The van der Waals surface area contributed by atoms with Crippen molar-refractivity contribution >= 4 is 11.6 Å². The maximum absolute atomic E-state index is 12.2. The fourth-order valence-corrected chi connectivity index (χ4v) is 2.51. The van der Waals surface area contributed by atoms with Gasteiger partial charge in [0.1, 0.15) is 6.04 Å². The summed E-state index contributed by atoms with van der Waals surface area (Å²) in [7, 11) is 0. The third-order valence-corrected chi connectivity index (χ3v) is 3.49. The molecule has 0 radical (unpaired) electrons. The molecule has 0 spiro atoms. The number of amides is 1. The number of aryl methyl sites for hydroxylation is 2. The van der Waals surface area contributed by atoms with Crippen LogP contribution >= 0.6 is 0 Å². The summed E-state index contributed by atoms with van der Waals surface area (Å²) in [6.45, 7) is 6.97. The molecule has 3 nitrogen and oxygen atoms in total. The molecule has 3 heteroatoms. The van der Waals surface area contributed by atoms with Crippen molar-refractivity contribution in [2.75, 3.05) is 11.4 Å². The molecule has 0 aliphatic carbocycles. The number of rotatable bonds is 3. The zero-order valence-corrected chi connectivity index (χ0v) is 10.8. The van der Waals surface area contributed by atoms with Crippen LogP contribution in [0.25, 0.3) is 0 Å². The predicted octanol–water partition coefficient (Wildman–Crippen LogP) is 2.45. The fourth-order valence-electron chi connectivity index (χ4n) is 2.51. The van der Waals surface area contributed by atoms with Crippen LogP contribution in [-0.4, -0.2) is 12.5 Å². The van der Waals surface area contributed by atoms with Crippen molar-refractivity contribution in [3.63, 3.8) is 0 Å². The summed E-state index contributed by atoms with van der Waals surface area (Å²) in [4.78, 5) is 14.0. The molecule has 92 valence electrons. The summed E-state index contributed by atoms with van der Waals surface area (Å²) in [5, 5.41) is 0. The first-order valence-corrected chi connectivity index (χ1v) is 6.25. The molecule has 1 unspecified atom stereocenters. The van der Waals surface area contributed by atoms with Crippen molar-refractivity contribution in [2.45, 2.75) is 39.7 Å². The van der Waals surface area contributed by atoms with Gasteiger partial charge in [0, 0.05) is 12.1 Å². The van der Waals surface area contributed by atoms with E-state index in [2.05, 4.69) is 13.0 Å². The molecule has 17 heavy (non-hydrogen) atoms. The van der Waals surface area contributed by atoms with Gasteiger partial charge in [0.25, 0.3) is 0 Å². The number of hydrogen-bond acceptors (Lipinski definition) is 2. The molecule has 0 aromatic heterocycles. The van der Waals surface area contributed by atoms with Crippen LogP contribution in [-0.2, 0) is 4.79 Å². The van der Waals surface area contributed by atoms with Gasteiger partial charge in [-0.25, -0.2) is 0 Å².